The third-order valence-electron chi connectivity index (χ3n) is 5.44. The van der Waals surface area contributed by atoms with Gasteiger partial charge in [0.25, 0.3) is 17.7 Å². The first kappa shape index (κ1) is 22.6. The summed E-state index contributed by atoms with van der Waals surface area (Å²) in [5.41, 5.74) is 1.59. The highest BCUT2D eigenvalue weighted by molar-refractivity contribution is 6.37. The van der Waals surface area contributed by atoms with Gasteiger partial charge in [-0.2, -0.15) is 0 Å². The molecule has 0 bridgehead atoms. The molecule has 3 amide bonds. The summed E-state index contributed by atoms with van der Waals surface area (Å²) in [7, 11) is 1.56. The van der Waals surface area contributed by atoms with Crippen molar-refractivity contribution in [2.75, 3.05) is 12.4 Å². The summed E-state index contributed by atoms with van der Waals surface area (Å²) in [6, 6.07) is 13.6. The van der Waals surface area contributed by atoms with Crippen LogP contribution < -0.4 is 10.1 Å². The van der Waals surface area contributed by atoms with Crippen molar-refractivity contribution in [2.45, 2.75) is 13.0 Å². The molecule has 1 atom stereocenters. The van der Waals surface area contributed by atoms with Gasteiger partial charge in [0.1, 0.15) is 5.75 Å². The zero-order chi connectivity index (χ0) is 23.9. The maximum absolute atomic E-state index is 13.1. The Hall–Kier alpha value is -3.55. The first-order valence-electron chi connectivity index (χ1n) is 9.86. The molecule has 3 aromatic carbocycles. The number of phenols is 1. The van der Waals surface area contributed by atoms with Crippen LogP contribution >= 0.6 is 23.2 Å². The number of anilines is 1. The molecule has 168 valence electrons. The molecule has 4 rings (SSSR count). The zero-order valence-electron chi connectivity index (χ0n) is 17.6. The Morgan fingerprint density at radius 1 is 0.970 bits per heavy atom. The number of hydrogen-bond donors (Lipinski definition) is 2. The molecular weight excluding hydrogens is 467 g/mol. The van der Waals surface area contributed by atoms with Gasteiger partial charge in [0.15, 0.2) is 5.75 Å². The van der Waals surface area contributed by atoms with Crippen LogP contribution in [0.15, 0.2) is 54.6 Å². The van der Waals surface area contributed by atoms with E-state index in [1.54, 1.807) is 38.3 Å². The molecule has 3 aromatic rings. The van der Waals surface area contributed by atoms with Gasteiger partial charge in [-0.25, -0.2) is 0 Å². The number of methoxy groups -OCH3 is 1. The SMILES string of the molecule is COc1ccc(C(C)N2C(=O)c3ccc(C(=O)Nc4cc(Cl)c(O)c(Cl)c4)cc3C2=O)cc1. The van der Waals surface area contributed by atoms with Crippen molar-refractivity contribution in [3.8, 4) is 11.5 Å². The minimum Gasteiger partial charge on any atom is -0.505 e. The molecule has 2 N–H and O–H groups in total. The van der Waals surface area contributed by atoms with Crippen LogP contribution in [-0.2, 0) is 0 Å². The van der Waals surface area contributed by atoms with E-state index >= 15 is 0 Å². The van der Waals surface area contributed by atoms with Crippen LogP contribution in [0.25, 0.3) is 0 Å². The molecule has 0 aliphatic carbocycles. The molecular formula is C24H18Cl2N2O5. The van der Waals surface area contributed by atoms with E-state index in [4.69, 9.17) is 27.9 Å². The van der Waals surface area contributed by atoms with Crippen molar-refractivity contribution in [1.29, 1.82) is 0 Å². The lowest BCUT2D eigenvalue weighted by atomic mass is 10.1. The van der Waals surface area contributed by atoms with E-state index in [2.05, 4.69) is 5.32 Å². The van der Waals surface area contributed by atoms with Gasteiger partial charge in [0, 0.05) is 11.3 Å². The predicted molar refractivity (Wildman–Crippen MR) is 124 cm³/mol. The number of carbonyl (C=O) groups excluding carboxylic acids is 3. The van der Waals surface area contributed by atoms with E-state index in [0.29, 0.717) is 5.75 Å². The Morgan fingerprint density at radius 2 is 1.58 bits per heavy atom. The van der Waals surface area contributed by atoms with Crippen molar-refractivity contribution in [2.24, 2.45) is 0 Å². The van der Waals surface area contributed by atoms with E-state index in [-0.39, 0.29) is 38.2 Å². The Bertz CT molecular complexity index is 1270. The number of nitrogens with one attached hydrogen (secondary N) is 1. The number of fused-ring (bicyclic) bond motifs is 1. The number of ether oxygens (including phenoxy) is 1. The quantitative estimate of drug-likeness (QED) is 0.377. The van der Waals surface area contributed by atoms with Gasteiger partial charge in [0.2, 0.25) is 0 Å². The summed E-state index contributed by atoms with van der Waals surface area (Å²) < 4.78 is 5.15. The van der Waals surface area contributed by atoms with E-state index in [9.17, 15) is 19.5 Å². The molecule has 1 aliphatic rings. The molecule has 0 radical (unpaired) electrons. The largest absolute Gasteiger partial charge is 0.505 e. The number of rotatable bonds is 5. The van der Waals surface area contributed by atoms with Crippen molar-refractivity contribution in [1.82, 2.24) is 4.90 Å². The van der Waals surface area contributed by atoms with Gasteiger partial charge in [-0.3, -0.25) is 19.3 Å². The second-order valence-corrected chi connectivity index (χ2v) is 8.25. The van der Waals surface area contributed by atoms with E-state index in [1.165, 1.54) is 35.2 Å². The van der Waals surface area contributed by atoms with Crippen molar-refractivity contribution in [3.05, 3.63) is 86.9 Å². The third kappa shape index (κ3) is 4.13. The number of phenolic OH excluding ortho intramolecular Hbond substituents is 1. The molecule has 0 saturated heterocycles. The highest BCUT2D eigenvalue weighted by Crippen LogP contribution is 2.35. The van der Waals surface area contributed by atoms with Crippen LogP contribution in [0.3, 0.4) is 0 Å². The standard InChI is InChI=1S/C24H18Cl2N2O5/c1-12(13-3-6-16(33-2)7-4-13)28-23(31)17-8-5-14(9-18(17)24(28)32)22(30)27-15-10-19(25)21(29)20(26)11-15/h3-12,29H,1-2H3,(H,27,30). The first-order valence-corrected chi connectivity index (χ1v) is 10.6. The van der Waals surface area contributed by atoms with Gasteiger partial charge in [-0.1, -0.05) is 35.3 Å². The lowest BCUT2D eigenvalue weighted by Crippen LogP contribution is -2.32. The number of aromatic hydroxyl groups is 1. The Morgan fingerprint density at radius 3 is 2.18 bits per heavy atom. The fourth-order valence-electron chi connectivity index (χ4n) is 3.62. The molecule has 0 saturated carbocycles. The van der Waals surface area contributed by atoms with Gasteiger partial charge in [0.05, 0.1) is 34.3 Å². The average Bonchev–Trinajstić information content (AvgIpc) is 3.06. The lowest BCUT2D eigenvalue weighted by Gasteiger charge is -2.23. The number of benzene rings is 3. The van der Waals surface area contributed by atoms with Crippen molar-refractivity contribution < 1.29 is 24.2 Å². The molecule has 1 unspecified atom stereocenters. The van der Waals surface area contributed by atoms with E-state index in [1.807, 2.05) is 0 Å². The molecule has 33 heavy (non-hydrogen) atoms. The van der Waals surface area contributed by atoms with Gasteiger partial charge in [-0.05, 0) is 55.0 Å². The summed E-state index contributed by atoms with van der Waals surface area (Å²) in [5.74, 6) is -1.06. The lowest BCUT2D eigenvalue weighted by molar-refractivity contribution is 0.0595. The highest BCUT2D eigenvalue weighted by Gasteiger charge is 2.39. The van der Waals surface area contributed by atoms with Gasteiger partial charge >= 0.3 is 0 Å². The fourth-order valence-corrected chi connectivity index (χ4v) is 4.11. The van der Waals surface area contributed by atoms with Crippen molar-refractivity contribution >= 4 is 46.6 Å². The van der Waals surface area contributed by atoms with Gasteiger partial charge in [-0.15, -0.1) is 0 Å². The monoisotopic (exact) mass is 484 g/mol. The maximum atomic E-state index is 13.1. The fraction of sp³-hybridized carbons (Fsp3) is 0.125. The number of hydrogen-bond acceptors (Lipinski definition) is 5. The summed E-state index contributed by atoms with van der Waals surface area (Å²) >= 11 is 11.8. The van der Waals surface area contributed by atoms with Crippen LogP contribution in [0.4, 0.5) is 5.69 Å². The number of imide groups is 1. The molecule has 0 aromatic heterocycles. The second kappa shape index (κ2) is 8.77. The number of halogens is 2. The van der Waals surface area contributed by atoms with Crippen molar-refractivity contribution in [3.63, 3.8) is 0 Å². The third-order valence-corrected chi connectivity index (χ3v) is 6.02. The molecule has 1 heterocycles. The zero-order valence-corrected chi connectivity index (χ0v) is 19.1. The van der Waals surface area contributed by atoms with E-state index in [0.717, 1.165) is 5.56 Å². The highest BCUT2D eigenvalue weighted by atomic mass is 35.5. The Balaban J connectivity index is 1.58. The minimum atomic E-state index is -0.530. The Kier molecular flexibility index (Phi) is 6.01. The summed E-state index contributed by atoms with van der Waals surface area (Å²) in [4.78, 5) is 39.9. The summed E-state index contributed by atoms with van der Waals surface area (Å²) in [6.07, 6.45) is 0. The normalized spacial score (nSPS) is 13.6. The molecule has 0 fully saturated rings. The van der Waals surface area contributed by atoms with E-state index < -0.39 is 23.8 Å². The summed E-state index contributed by atoms with van der Waals surface area (Å²) in [6.45, 7) is 1.76. The van der Waals surface area contributed by atoms with Crippen LogP contribution in [0.1, 0.15) is 49.6 Å². The van der Waals surface area contributed by atoms with Crippen LogP contribution in [0, 0.1) is 0 Å². The van der Waals surface area contributed by atoms with Crippen LogP contribution in [0.5, 0.6) is 11.5 Å². The maximum Gasteiger partial charge on any atom is 0.262 e. The average molecular weight is 485 g/mol. The second-order valence-electron chi connectivity index (χ2n) is 7.43. The number of amides is 3. The molecule has 9 heteroatoms. The predicted octanol–water partition coefficient (Wildman–Crippen LogP) is 5.32. The van der Waals surface area contributed by atoms with Gasteiger partial charge < -0.3 is 15.2 Å². The molecule has 7 nitrogen and oxygen atoms in total. The van der Waals surface area contributed by atoms with Crippen LogP contribution in [0.2, 0.25) is 10.0 Å². The number of nitrogens with zero attached hydrogens (tertiary/aromatic N) is 1. The smallest absolute Gasteiger partial charge is 0.262 e. The topological polar surface area (TPSA) is 95.9 Å². The minimum absolute atomic E-state index is 0.0179. The molecule has 0 spiro atoms. The summed E-state index contributed by atoms with van der Waals surface area (Å²) in [5, 5.41) is 12.2. The first-order chi connectivity index (χ1) is 15.7. The van der Waals surface area contributed by atoms with Crippen LogP contribution in [-0.4, -0.2) is 34.8 Å². The molecule has 1 aliphatic heterocycles. The number of carbonyl (C=O) groups is 3. The Labute approximate surface area is 199 Å².